The van der Waals surface area contributed by atoms with E-state index in [4.69, 9.17) is 9.47 Å². The number of ether oxygens (including phenoxy) is 2. The highest BCUT2D eigenvalue weighted by atomic mass is 19.4. The standard InChI is InChI=1S/C20H17F3N6O3/c1-4-31-19(30)32-12(3)29-27-15(10-24)17(28-29)13-7-11(2)8-14(9-13)18-25-6-5-16(26-18)20(21,22)23/h5-9,12H,4H2,1-3H3. The molecule has 0 aliphatic carbocycles. The van der Waals surface area contributed by atoms with Crippen LogP contribution in [0.1, 0.15) is 37.0 Å². The molecule has 0 N–H and O–H groups in total. The smallest absolute Gasteiger partial charge is 0.435 e. The number of alkyl halides is 3. The quantitative estimate of drug-likeness (QED) is 0.533. The lowest BCUT2D eigenvalue weighted by atomic mass is 10.0. The van der Waals surface area contributed by atoms with E-state index in [9.17, 15) is 23.2 Å². The van der Waals surface area contributed by atoms with Crippen LogP contribution in [0.4, 0.5) is 18.0 Å². The molecule has 166 valence electrons. The van der Waals surface area contributed by atoms with Crippen molar-refractivity contribution in [1.82, 2.24) is 25.0 Å². The minimum atomic E-state index is -4.61. The first-order chi connectivity index (χ1) is 15.1. The Kier molecular flexibility index (Phi) is 6.38. The van der Waals surface area contributed by atoms with Crippen LogP contribution in [0.3, 0.4) is 0 Å². The topological polar surface area (TPSA) is 116 Å². The molecule has 3 rings (SSSR count). The van der Waals surface area contributed by atoms with Crippen LogP contribution in [0.5, 0.6) is 0 Å². The maximum absolute atomic E-state index is 13.0. The van der Waals surface area contributed by atoms with Crippen molar-refractivity contribution in [2.75, 3.05) is 6.61 Å². The number of nitriles is 1. The molecule has 0 aliphatic rings. The highest BCUT2D eigenvalue weighted by molar-refractivity contribution is 5.71. The van der Waals surface area contributed by atoms with Crippen molar-refractivity contribution in [3.63, 3.8) is 0 Å². The molecule has 9 nitrogen and oxygen atoms in total. The summed E-state index contributed by atoms with van der Waals surface area (Å²) in [7, 11) is 0. The zero-order valence-corrected chi connectivity index (χ0v) is 17.2. The minimum Gasteiger partial charge on any atom is -0.435 e. The molecular weight excluding hydrogens is 429 g/mol. The molecule has 0 saturated heterocycles. The van der Waals surface area contributed by atoms with E-state index in [1.54, 1.807) is 26.0 Å². The van der Waals surface area contributed by atoms with Crippen molar-refractivity contribution < 1.29 is 27.4 Å². The molecule has 3 aromatic rings. The molecule has 0 amide bonds. The van der Waals surface area contributed by atoms with Crippen molar-refractivity contribution in [2.45, 2.75) is 33.2 Å². The number of hydrogen-bond acceptors (Lipinski definition) is 8. The van der Waals surface area contributed by atoms with Crippen LogP contribution in [-0.2, 0) is 15.7 Å². The molecule has 1 atom stereocenters. The largest absolute Gasteiger partial charge is 0.510 e. The first-order valence-electron chi connectivity index (χ1n) is 9.35. The Morgan fingerprint density at radius 2 is 1.97 bits per heavy atom. The Morgan fingerprint density at radius 3 is 2.62 bits per heavy atom. The molecule has 32 heavy (non-hydrogen) atoms. The number of hydrogen-bond donors (Lipinski definition) is 0. The fourth-order valence-corrected chi connectivity index (χ4v) is 2.80. The van der Waals surface area contributed by atoms with Crippen molar-refractivity contribution in [1.29, 1.82) is 5.26 Å². The van der Waals surface area contributed by atoms with Crippen molar-refractivity contribution >= 4 is 6.16 Å². The summed E-state index contributed by atoms with van der Waals surface area (Å²) in [4.78, 5) is 20.1. The minimum absolute atomic E-state index is 0.0641. The van der Waals surface area contributed by atoms with Gasteiger partial charge >= 0.3 is 12.3 Å². The number of rotatable bonds is 5. The fraction of sp³-hybridized carbons (Fsp3) is 0.300. The second-order valence-corrected chi connectivity index (χ2v) is 6.58. The number of halogens is 3. The van der Waals surface area contributed by atoms with Crippen LogP contribution in [0, 0.1) is 18.3 Å². The summed E-state index contributed by atoms with van der Waals surface area (Å²) < 4.78 is 48.8. The normalized spacial score (nSPS) is 12.2. The summed E-state index contributed by atoms with van der Waals surface area (Å²) in [5, 5.41) is 17.7. The first kappa shape index (κ1) is 22.7. The van der Waals surface area contributed by atoms with Crippen LogP contribution >= 0.6 is 0 Å². The lowest BCUT2D eigenvalue weighted by molar-refractivity contribution is -0.141. The van der Waals surface area contributed by atoms with Gasteiger partial charge in [-0.3, -0.25) is 0 Å². The van der Waals surface area contributed by atoms with Crippen LogP contribution in [0.2, 0.25) is 0 Å². The van der Waals surface area contributed by atoms with E-state index in [0.29, 0.717) is 16.7 Å². The lowest BCUT2D eigenvalue weighted by Crippen LogP contribution is -2.17. The zero-order chi connectivity index (χ0) is 23.5. The predicted octanol–water partition coefficient (Wildman–Crippen LogP) is 4.29. The molecule has 2 heterocycles. The predicted molar refractivity (Wildman–Crippen MR) is 104 cm³/mol. The van der Waals surface area contributed by atoms with E-state index < -0.39 is 24.3 Å². The number of nitrogens with zero attached hydrogens (tertiary/aromatic N) is 6. The number of carbonyl (C=O) groups is 1. The molecule has 1 unspecified atom stereocenters. The lowest BCUT2D eigenvalue weighted by Gasteiger charge is -2.11. The third-order valence-electron chi connectivity index (χ3n) is 4.14. The molecule has 12 heteroatoms. The molecule has 0 fully saturated rings. The third kappa shape index (κ3) is 5.00. The van der Waals surface area contributed by atoms with Gasteiger partial charge in [0.25, 0.3) is 0 Å². The third-order valence-corrected chi connectivity index (χ3v) is 4.14. The highest BCUT2D eigenvalue weighted by Gasteiger charge is 2.33. The van der Waals surface area contributed by atoms with Crippen LogP contribution in [0.25, 0.3) is 22.6 Å². The summed E-state index contributed by atoms with van der Waals surface area (Å²) in [6.45, 7) is 4.95. The Morgan fingerprint density at radius 1 is 1.25 bits per heavy atom. The second kappa shape index (κ2) is 9.01. The number of aromatic nitrogens is 5. The van der Waals surface area contributed by atoms with Crippen molar-refractivity contribution in [2.24, 2.45) is 0 Å². The SMILES string of the molecule is CCOC(=O)OC(C)n1nc(C#N)c(-c2cc(C)cc(-c3nccc(C(F)(F)F)n3)c2)n1. The van der Waals surface area contributed by atoms with E-state index in [1.165, 1.54) is 13.0 Å². The summed E-state index contributed by atoms with van der Waals surface area (Å²) in [5.41, 5.74) is 0.411. The summed E-state index contributed by atoms with van der Waals surface area (Å²) in [6, 6.07) is 7.50. The first-order valence-corrected chi connectivity index (χ1v) is 9.35. The van der Waals surface area contributed by atoms with E-state index in [-0.39, 0.29) is 23.8 Å². The average molecular weight is 446 g/mol. The number of carbonyl (C=O) groups excluding carboxylic acids is 1. The van der Waals surface area contributed by atoms with Crippen molar-refractivity contribution in [3.05, 3.63) is 47.4 Å². The van der Waals surface area contributed by atoms with Gasteiger partial charge in [-0.15, -0.1) is 15.0 Å². The summed E-state index contributed by atoms with van der Waals surface area (Å²) >= 11 is 0. The van der Waals surface area contributed by atoms with Crippen LogP contribution in [0.15, 0.2) is 30.5 Å². The van der Waals surface area contributed by atoms with Crippen LogP contribution in [-0.4, -0.2) is 37.7 Å². The van der Waals surface area contributed by atoms with E-state index in [2.05, 4.69) is 20.2 Å². The number of aryl methyl sites for hydroxylation is 1. The summed E-state index contributed by atoms with van der Waals surface area (Å²) in [5.74, 6) is -0.130. The van der Waals surface area contributed by atoms with Crippen molar-refractivity contribution in [3.8, 4) is 28.7 Å². The molecule has 2 aromatic heterocycles. The van der Waals surface area contributed by atoms with Gasteiger partial charge in [-0.25, -0.2) is 14.8 Å². The van der Waals surface area contributed by atoms with Gasteiger partial charge in [0.1, 0.15) is 17.5 Å². The zero-order valence-electron chi connectivity index (χ0n) is 17.2. The van der Waals surface area contributed by atoms with E-state index in [0.717, 1.165) is 17.1 Å². The van der Waals surface area contributed by atoms with Crippen LogP contribution < -0.4 is 0 Å². The average Bonchev–Trinajstić information content (AvgIpc) is 3.18. The molecular formula is C20H17F3N6O3. The molecule has 0 radical (unpaired) electrons. The van der Waals surface area contributed by atoms with Gasteiger partial charge < -0.3 is 9.47 Å². The fourth-order valence-electron chi connectivity index (χ4n) is 2.80. The highest BCUT2D eigenvalue weighted by Crippen LogP contribution is 2.31. The monoisotopic (exact) mass is 446 g/mol. The molecule has 0 spiro atoms. The maximum atomic E-state index is 13.0. The van der Waals surface area contributed by atoms with Gasteiger partial charge in [0.2, 0.25) is 6.23 Å². The maximum Gasteiger partial charge on any atom is 0.510 e. The Labute approximate surface area is 180 Å². The molecule has 0 saturated carbocycles. The van der Waals surface area contributed by atoms with Gasteiger partial charge in [-0.1, -0.05) is 0 Å². The second-order valence-electron chi connectivity index (χ2n) is 6.58. The summed E-state index contributed by atoms with van der Waals surface area (Å²) in [6.07, 6.45) is -5.47. The Hall–Kier alpha value is -4.01. The molecule has 1 aromatic carbocycles. The Bertz CT molecular complexity index is 1190. The van der Waals surface area contributed by atoms with Gasteiger partial charge in [0.05, 0.1) is 6.61 Å². The number of benzene rings is 1. The van der Waals surface area contributed by atoms with Gasteiger partial charge in [0, 0.05) is 17.3 Å². The van der Waals surface area contributed by atoms with Gasteiger partial charge in [0.15, 0.2) is 11.5 Å². The van der Waals surface area contributed by atoms with Gasteiger partial charge in [-0.05, 0) is 50.6 Å². The van der Waals surface area contributed by atoms with E-state index >= 15 is 0 Å². The van der Waals surface area contributed by atoms with Gasteiger partial charge in [-0.2, -0.15) is 18.4 Å². The Balaban J connectivity index is 2.01. The molecule has 0 bridgehead atoms. The van der Waals surface area contributed by atoms with E-state index in [1.807, 2.05) is 6.07 Å². The molecule has 0 aliphatic heterocycles.